The molecule has 1 aliphatic rings. The summed E-state index contributed by atoms with van der Waals surface area (Å²) in [6.07, 6.45) is 1.63. The quantitative estimate of drug-likeness (QED) is 0.334. The second-order valence-electron chi connectivity index (χ2n) is 7.26. The van der Waals surface area contributed by atoms with Gasteiger partial charge in [-0.25, -0.2) is 0 Å². The average molecular weight is 449 g/mol. The Hall–Kier alpha value is -3.64. The minimum atomic E-state index is -0.787. The zero-order valence-corrected chi connectivity index (χ0v) is 18.1. The fraction of sp³-hybridized carbons (Fsp3) is 0.160. The van der Waals surface area contributed by atoms with Crippen molar-refractivity contribution in [3.63, 3.8) is 0 Å². The predicted octanol–water partition coefficient (Wildman–Crippen LogP) is 4.76. The van der Waals surface area contributed by atoms with Crippen molar-refractivity contribution in [3.8, 4) is 5.75 Å². The topological polar surface area (TPSA) is 79.7 Å². The molecule has 6 nitrogen and oxygen atoms in total. The first-order valence-electron chi connectivity index (χ1n) is 10.2. The zero-order valence-electron chi connectivity index (χ0n) is 17.4. The van der Waals surface area contributed by atoms with Crippen LogP contribution in [0.1, 0.15) is 29.8 Å². The molecule has 1 N–H and O–H groups in total. The summed E-state index contributed by atoms with van der Waals surface area (Å²) in [5.74, 6) is -1.14. The van der Waals surface area contributed by atoms with E-state index in [1.54, 1.807) is 66.9 Å². The lowest BCUT2D eigenvalue weighted by atomic mass is 9.95. The number of amides is 1. The number of nitrogens with zero attached hydrogens (tertiary/aromatic N) is 2. The van der Waals surface area contributed by atoms with Gasteiger partial charge < -0.3 is 14.7 Å². The largest absolute Gasteiger partial charge is 0.507 e. The first-order chi connectivity index (χ1) is 15.5. The molecule has 1 fully saturated rings. The summed E-state index contributed by atoms with van der Waals surface area (Å²) in [6, 6.07) is 18.2. The van der Waals surface area contributed by atoms with Gasteiger partial charge in [0.05, 0.1) is 30.5 Å². The van der Waals surface area contributed by atoms with Crippen LogP contribution in [0.4, 0.5) is 0 Å². The second kappa shape index (κ2) is 9.24. The molecule has 2 heterocycles. The average Bonchev–Trinajstić information content (AvgIpc) is 3.05. The number of benzene rings is 2. The monoisotopic (exact) mass is 448 g/mol. The van der Waals surface area contributed by atoms with Crippen molar-refractivity contribution >= 4 is 29.1 Å². The number of aromatic nitrogens is 1. The van der Waals surface area contributed by atoms with Crippen LogP contribution in [0, 0.1) is 0 Å². The maximum atomic E-state index is 13.1. The Morgan fingerprint density at radius 3 is 2.56 bits per heavy atom. The first-order valence-corrected chi connectivity index (χ1v) is 10.5. The van der Waals surface area contributed by atoms with Crippen LogP contribution in [0.5, 0.6) is 5.75 Å². The lowest BCUT2D eigenvalue weighted by molar-refractivity contribution is -0.140. The number of Topliss-reactive ketones (excluding diaryl/α,β-unsaturated/α-hetero) is 1. The van der Waals surface area contributed by atoms with Gasteiger partial charge in [0.1, 0.15) is 11.5 Å². The van der Waals surface area contributed by atoms with Crippen molar-refractivity contribution in [2.24, 2.45) is 0 Å². The van der Waals surface area contributed by atoms with Crippen molar-refractivity contribution in [1.82, 2.24) is 9.88 Å². The molecule has 0 aliphatic carbocycles. The number of aliphatic hydroxyl groups excluding tert-OH is 1. The molecule has 1 atom stereocenters. The van der Waals surface area contributed by atoms with Gasteiger partial charge in [0.15, 0.2) is 0 Å². The van der Waals surface area contributed by atoms with Gasteiger partial charge >= 0.3 is 0 Å². The standard InChI is InChI=1S/C25H21ClN2O4/c1-2-32-20-8-5-6-17(14-20)23(29)21-22(16-9-11-18(26)12-10-16)28(25(31)24(21)30)15-19-7-3-4-13-27-19/h3-14,22,29H,2,15H2,1H3/b23-21-. The number of pyridine rings is 1. The van der Waals surface area contributed by atoms with Gasteiger partial charge in [0.2, 0.25) is 0 Å². The van der Waals surface area contributed by atoms with E-state index in [0.29, 0.717) is 34.2 Å². The maximum absolute atomic E-state index is 13.1. The van der Waals surface area contributed by atoms with E-state index in [-0.39, 0.29) is 17.9 Å². The highest BCUT2D eigenvalue weighted by atomic mass is 35.5. The van der Waals surface area contributed by atoms with Crippen LogP contribution in [-0.2, 0) is 16.1 Å². The molecule has 1 aromatic heterocycles. The van der Waals surface area contributed by atoms with Gasteiger partial charge in [-0.15, -0.1) is 0 Å². The number of hydrogen-bond donors (Lipinski definition) is 1. The number of hydrogen-bond acceptors (Lipinski definition) is 5. The van der Waals surface area contributed by atoms with Crippen molar-refractivity contribution in [1.29, 1.82) is 0 Å². The van der Waals surface area contributed by atoms with Crippen LogP contribution in [0.3, 0.4) is 0 Å². The number of ether oxygens (including phenoxy) is 1. The smallest absolute Gasteiger partial charge is 0.296 e. The molecule has 1 aliphatic heterocycles. The lowest BCUT2D eigenvalue weighted by Gasteiger charge is -2.25. The molecule has 1 amide bonds. The summed E-state index contributed by atoms with van der Waals surface area (Å²) < 4.78 is 5.51. The first kappa shape index (κ1) is 21.6. The summed E-state index contributed by atoms with van der Waals surface area (Å²) >= 11 is 6.05. The number of likely N-dealkylation sites (tertiary alicyclic amines) is 1. The number of ketones is 1. The van der Waals surface area contributed by atoms with Crippen LogP contribution < -0.4 is 4.74 Å². The lowest BCUT2D eigenvalue weighted by Crippen LogP contribution is -2.29. The third-order valence-corrected chi connectivity index (χ3v) is 5.45. The van der Waals surface area contributed by atoms with E-state index in [2.05, 4.69) is 4.98 Å². The van der Waals surface area contributed by atoms with E-state index in [1.807, 2.05) is 13.0 Å². The zero-order chi connectivity index (χ0) is 22.7. The molecule has 0 saturated carbocycles. The molecule has 0 radical (unpaired) electrons. The Kier molecular flexibility index (Phi) is 6.23. The highest BCUT2D eigenvalue weighted by Gasteiger charge is 2.46. The Morgan fingerprint density at radius 1 is 1.09 bits per heavy atom. The van der Waals surface area contributed by atoms with Gasteiger partial charge in [0.25, 0.3) is 11.7 Å². The summed E-state index contributed by atoms with van der Waals surface area (Å²) in [5, 5.41) is 11.7. The summed E-state index contributed by atoms with van der Waals surface area (Å²) in [4.78, 5) is 31.8. The Balaban J connectivity index is 1.84. The molecular weight excluding hydrogens is 428 g/mol. The van der Waals surface area contributed by atoms with Crippen molar-refractivity contribution in [2.45, 2.75) is 19.5 Å². The van der Waals surface area contributed by atoms with Crippen LogP contribution in [0.15, 0.2) is 78.5 Å². The summed E-state index contributed by atoms with van der Waals surface area (Å²) in [7, 11) is 0. The molecule has 0 bridgehead atoms. The minimum absolute atomic E-state index is 0.0157. The van der Waals surface area contributed by atoms with Crippen molar-refractivity contribution in [2.75, 3.05) is 6.61 Å². The minimum Gasteiger partial charge on any atom is -0.507 e. The highest BCUT2D eigenvalue weighted by molar-refractivity contribution is 6.46. The van der Waals surface area contributed by atoms with E-state index >= 15 is 0 Å². The molecule has 2 aromatic carbocycles. The number of carbonyl (C=O) groups excluding carboxylic acids is 2. The number of aliphatic hydroxyl groups is 1. The molecule has 3 aromatic rings. The Morgan fingerprint density at radius 2 is 1.88 bits per heavy atom. The molecule has 7 heteroatoms. The summed E-state index contributed by atoms with van der Waals surface area (Å²) in [6.45, 7) is 2.44. The van der Waals surface area contributed by atoms with Crippen LogP contribution in [0.25, 0.3) is 5.76 Å². The molecule has 0 spiro atoms. The van der Waals surface area contributed by atoms with E-state index in [9.17, 15) is 14.7 Å². The van der Waals surface area contributed by atoms with Crippen molar-refractivity contribution < 1.29 is 19.4 Å². The molecule has 1 saturated heterocycles. The van der Waals surface area contributed by atoms with Crippen LogP contribution in [-0.4, -0.2) is 33.3 Å². The fourth-order valence-electron chi connectivity index (χ4n) is 3.76. The third kappa shape index (κ3) is 4.22. The van der Waals surface area contributed by atoms with Gasteiger partial charge in [-0.1, -0.05) is 41.9 Å². The molecule has 4 rings (SSSR count). The summed E-state index contributed by atoms with van der Waals surface area (Å²) in [5.41, 5.74) is 1.70. The van der Waals surface area contributed by atoms with E-state index in [0.717, 1.165) is 0 Å². The number of halogens is 1. The molecular formula is C25H21ClN2O4. The van der Waals surface area contributed by atoms with Crippen LogP contribution in [0.2, 0.25) is 5.02 Å². The van der Waals surface area contributed by atoms with E-state index < -0.39 is 17.7 Å². The van der Waals surface area contributed by atoms with Gasteiger partial charge in [0, 0.05) is 16.8 Å². The second-order valence-corrected chi connectivity index (χ2v) is 7.70. The Bertz CT molecular complexity index is 1180. The highest BCUT2D eigenvalue weighted by Crippen LogP contribution is 2.40. The van der Waals surface area contributed by atoms with E-state index in [1.165, 1.54) is 4.90 Å². The number of carbonyl (C=O) groups is 2. The molecule has 1 unspecified atom stereocenters. The SMILES string of the molecule is CCOc1cccc(/C(O)=C2/C(=O)C(=O)N(Cc3ccccn3)C2c2ccc(Cl)cc2)c1. The third-order valence-electron chi connectivity index (χ3n) is 5.20. The Labute approximate surface area is 190 Å². The van der Waals surface area contributed by atoms with Crippen molar-refractivity contribution in [3.05, 3.63) is 100 Å². The number of rotatable bonds is 6. The normalized spacial score (nSPS) is 17.6. The molecule has 162 valence electrons. The van der Waals surface area contributed by atoms with Gasteiger partial charge in [-0.05, 0) is 48.9 Å². The van der Waals surface area contributed by atoms with E-state index in [4.69, 9.17) is 16.3 Å². The van der Waals surface area contributed by atoms with Crippen LogP contribution >= 0.6 is 11.6 Å². The maximum Gasteiger partial charge on any atom is 0.296 e. The van der Waals surface area contributed by atoms with Gasteiger partial charge in [-0.2, -0.15) is 0 Å². The fourth-order valence-corrected chi connectivity index (χ4v) is 3.88. The molecule has 32 heavy (non-hydrogen) atoms. The predicted molar refractivity (Wildman–Crippen MR) is 121 cm³/mol. The van der Waals surface area contributed by atoms with Gasteiger partial charge in [-0.3, -0.25) is 14.6 Å².